The quantitative estimate of drug-likeness (QED) is 0.750. The molecule has 2 N–H and O–H groups in total. The van der Waals surface area contributed by atoms with Gasteiger partial charge in [-0.1, -0.05) is 12.1 Å². The molecule has 7 nitrogen and oxygen atoms in total. The van der Waals surface area contributed by atoms with E-state index in [9.17, 15) is 13.6 Å². The van der Waals surface area contributed by atoms with Crippen molar-refractivity contribution in [3.05, 3.63) is 60.4 Å². The number of hydrogen-bond donors (Lipinski definition) is 2. The molecule has 0 aliphatic heterocycles. The van der Waals surface area contributed by atoms with Crippen LogP contribution < -0.4 is 10.6 Å². The Bertz CT molecular complexity index is 853. The number of benzene rings is 2. The summed E-state index contributed by atoms with van der Waals surface area (Å²) in [5.41, 5.74) is 1.01. The molecule has 0 atom stereocenters. The van der Waals surface area contributed by atoms with E-state index in [1.54, 1.807) is 24.3 Å². The zero-order valence-electron chi connectivity index (χ0n) is 12.3. The number of amides is 1. The number of nitrogens with zero attached hydrogens (tertiary/aromatic N) is 4. The Morgan fingerprint density at radius 3 is 2.58 bits per heavy atom. The van der Waals surface area contributed by atoms with Crippen LogP contribution in [0.25, 0.3) is 0 Å². The summed E-state index contributed by atoms with van der Waals surface area (Å²) in [5, 5.41) is 16.0. The van der Waals surface area contributed by atoms with E-state index in [1.807, 2.05) is 0 Å². The van der Waals surface area contributed by atoms with Crippen LogP contribution in [0, 0.1) is 11.6 Å². The normalized spacial score (nSPS) is 10.4. The number of carbonyl (C=O) groups excluding carboxylic acids is 1. The Labute approximate surface area is 135 Å². The number of para-hydroxylation sites is 2. The van der Waals surface area contributed by atoms with Gasteiger partial charge in [-0.25, -0.2) is 13.5 Å². The van der Waals surface area contributed by atoms with E-state index in [4.69, 9.17) is 0 Å². The minimum atomic E-state index is -0.732. The molecular formula is C15H12F2N6O. The summed E-state index contributed by atoms with van der Waals surface area (Å²) < 4.78 is 28.0. The number of rotatable bonds is 5. The standard InChI is InChI=1S/C15H12F2N6O/c16-10-5-6-12(11(17)7-10)19-13-3-1-2-4-14(13)20-15(24)8-23-9-18-21-22-23/h1-7,9,19H,8H2,(H,20,24). The molecule has 0 spiro atoms. The van der Waals surface area contributed by atoms with Gasteiger partial charge in [-0.3, -0.25) is 4.79 Å². The van der Waals surface area contributed by atoms with Crippen LogP contribution in [0.1, 0.15) is 0 Å². The third kappa shape index (κ3) is 3.69. The summed E-state index contributed by atoms with van der Waals surface area (Å²) in [5.74, 6) is -1.75. The second-order valence-electron chi connectivity index (χ2n) is 4.85. The highest BCUT2D eigenvalue weighted by Crippen LogP contribution is 2.27. The first kappa shape index (κ1) is 15.5. The van der Waals surface area contributed by atoms with E-state index in [0.29, 0.717) is 11.4 Å². The molecule has 0 bridgehead atoms. The molecule has 0 unspecified atom stereocenters. The van der Waals surface area contributed by atoms with Gasteiger partial charge in [0.1, 0.15) is 24.5 Å². The lowest BCUT2D eigenvalue weighted by atomic mass is 10.2. The zero-order chi connectivity index (χ0) is 16.9. The average molecular weight is 330 g/mol. The maximum absolute atomic E-state index is 13.8. The lowest BCUT2D eigenvalue weighted by Crippen LogP contribution is -2.19. The highest BCUT2D eigenvalue weighted by Gasteiger charge is 2.10. The fraction of sp³-hybridized carbons (Fsp3) is 0.0667. The average Bonchev–Trinajstić information content (AvgIpc) is 3.04. The molecule has 122 valence electrons. The Morgan fingerprint density at radius 2 is 1.88 bits per heavy atom. The molecule has 1 amide bonds. The van der Waals surface area contributed by atoms with Crippen molar-refractivity contribution in [2.45, 2.75) is 6.54 Å². The molecule has 1 heterocycles. The minimum absolute atomic E-state index is 0.0633. The third-order valence-corrected chi connectivity index (χ3v) is 3.10. The van der Waals surface area contributed by atoms with Crippen LogP contribution in [0.15, 0.2) is 48.8 Å². The number of carbonyl (C=O) groups is 1. The molecule has 1 aromatic heterocycles. The number of hydrogen-bond acceptors (Lipinski definition) is 5. The predicted molar refractivity (Wildman–Crippen MR) is 82.5 cm³/mol. The molecule has 3 aromatic rings. The van der Waals surface area contributed by atoms with Crippen molar-refractivity contribution in [1.82, 2.24) is 20.2 Å². The number of nitrogens with one attached hydrogen (secondary N) is 2. The first-order valence-electron chi connectivity index (χ1n) is 6.93. The molecule has 0 aliphatic carbocycles. The fourth-order valence-corrected chi connectivity index (χ4v) is 2.03. The van der Waals surface area contributed by atoms with Crippen molar-refractivity contribution < 1.29 is 13.6 Å². The molecule has 24 heavy (non-hydrogen) atoms. The van der Waals surface area contributed by atoms with Crippen LogP contribution in [0.5, 0.6) is 0 Å². The van der Waals surface area contributed by atoms with Crippen LogP contribution in [-0.2, 0) is 11.3 Å². The summed E-state index contributed by atoms with van der Waals surface area (Å²) in [7, 11) is 0. The van der Waals surface area contributed by atoms with Crippen LogP contribution >= 0.6 is 0 Å². The molecular weight excluding hydrogens is 318 g/mol. The maximum Gasteiger partial charge on any atom is 0.246 e. The van der Waals surface area contributed by atoms with E-state index in [1.165, 1.54) is 17.1 Å². The van der Waals surface area contributed by atoms with Gasteiger partial charge < -0.3 is 10.6 Å². The number of anilines is 3. The lowest BCUT2D eigenvalue weighted by molar-refractivity contribution is -0.116. The summed E-state index contributed by atoms with van der Waals surface area (Å²) >= 11 is 0. The summed E-state index contributed by atoms with van der Waals surface area (Å²) in [6, 6.07) is 9.96. The van der Waals surface area contributed by atoms with Crippen LogP contribution in [0.3, 0.4) is 0 Å². The topological polar surface area (TPSA) is 84.7 Å². The SMILES string of the molecule is O=C(Cn1cnnn1)Nc1ccccc1Nc1ccc(F)cc1F. The second kappa shape index (κ2) is 6.82. The van der Waals surface area contributed by atoms with Crippen molar-refractivity contribution in [2.75, 3.05) is 10.6 Å². The highest BCUT2D eigenvalue weighted by molar-refractivity contribution is 5.94. The van der Waals surface area contributed by atoms with Gasteiger partial charge in [0.2, 0.25) is 5.91 Å². The van der Waals surface area contributed by atoms with Crippen LogP contribution in [0.4, 0.5) is 25.8 Å². The van der Waals surface area contributed by atoms with Gasteiger partial charge in [-0.05, 0) is 34.7 Å². The van der Waals surface area contributed by atoms with Crippen molar-refractivity contribution in [3.8, 4) is 0 Å². The van der Waals surface area contributed by atoms with Crippen molar-refractivity contribution in [2.24, 2.45) is 0 Å². The molecule has 3 rings (SSSR count). The summed E-state index contributed by atoms with van der Waals surface area (Å²) in [6.45, 7) is -0.0633. The van der Waals surface area contributed by atoms with Crippen LogP contribution in [-0.4, -0.2) is 26.1 Å². The van der Waals surface area contributed by atoms with Crippen LogP contribution in [0.2, 0.25) is 0 Å². The predicted octanol–water partition coefficient (Wildman–Crippen LogP) is 2.33. The monoisotopic (exact) mass is 330 g/mol. The minimum Gasteiger partial charge on any atom is -0.351 e. The van der Waals surface area contributed by atoms with Crippen molar-refractivity contribution >= 4 is 23.0 Å². The van der Waals surface area contributed by atoms with Crippen molar-refractivity contribution in [3.63, 3.8) is 0 Å². The van der Waals surface area contributed by atoms with Gasteiger partial charge in [0.05, 0.1) is 17.1 Å². The Morgan fingerprint density at radius 1 is 1.08 bits per heavy atom. The molecule has 0 fully saturated rings. The molecule has 0 saturated carbocycles. The lowest BCUT2D eigenvalue weighted by Gasteiger charge is -2.13. The van der Waals surface area contributed by atoms with E-state index in [-0.39, 0.29) is 18.1 Å². The Balaban J connectivity index is 1.76. The first-order chi connectivity index (χ1) is 11.6. The second-order valence-corrected chi connectivity index (χ2v) is 4.85. The number of halogens is 2. The number of tetrazole rings is 1. The molecule has 2 aromatic carbocycles. The Hall–Kier alpha value is -3.36. The van der Waals surface area contributed by atoms with Gasteiger partial charge >= 0.3 is 0 Å². The van der Waals surface area contributed by atoms with Gasteiger partial charge in [0.15, 0.2) is 0 Å². The van der Waals surface area contributed by atoms with E-state index >= 15 is 0 Å². The van der Waals surface area contributed by atoms with Gasteiger partial charge in [0.25, 0.3) is 0 Å². The number of aromatic nitrogens is 4. The molecule has 0 saturated heterocycles. The zero-order valence-corrected chi connectivity index (χ0v) is 12.3. The third-order valence-electron chi connectivity index (χ3n) is 3.10. The first-order valence-corrected chi connectivity index (χ1v) is 6.93. The van der Waals surface area contributed by atoms with Gasteiger partial charge in [0, 0.05) is 6.07 Å². The van der Waals surface area contributed by atoms with Crippen molar-refractivity contribution in [1.29, 1.82) is 0 Å². The summed E-state index contributed by atoms with van der Waals surface area (Å²) in [4.78, 5) is 12.0. The Kier molecular flexibility index (Phi) is 4.41. The molecule has 0 radical (unpaired) electrons. The molecule has 0 aliphatic rings. The molecule has 9 heteroatoms. The summed E-state index contributed by atoms with van der Waals surface area (Å²) in [6.07, 6.45) is 1.32. The van der Waals surface area contributed by atoms with E-state index < -0.39 is 11.6 Å². The smallest absolute Gasteiger partial charge is 0.246 e. The maximum atomic E-state index is 13.8. The van der Waals surface area contributed by atoms with Gasteiger partial charge in [-0.2, -0.15) is 0 Å². The highest BCUT2D eigenvalue weighted by atomic mass is 19.1. The fourth-order valence-electron chi connectivity index (χ4n) is 2.03. The van der Waals surface area contributed by atoms with Gasteiger partial charge in [-0.15, -0.1) is 5.10 Å². The van der Waals surface area contributed by atoms with E-state index in [2.05, 4.69) is 26.2 Å². The van der Waals surface area contributed by atoms with E-state index in [0.717, 1.165) is 12.1 Å². The largest absolute Gasteiger partial charge is 0.351 e.